The monoisotopic (exact) mass is 477 g/mol. The highest BCUT2D eigenvalue weighted by Crippen LogP contribution is 2.30. The van der Waals surface area contributed by atoms with Gasteiger partial charge in [0.15, 0.2) is 0 Å². The Kier molecular flexibility index (Phi) is 5.60. The van der Waals surface area contributed by atoms with Crippen LogP contribution in [-0.2, 0) is 24.8 Å². The number of hydrogen-bond acceptors (Lipinski definition) is 6. The summed E-state index contributed by atoms with van der Waals surface area (Å²) in [5.74, 6) is -1.28. The third-order valence-corrected chi connectivity index (χ3v) is 9.58. The zero-order chi connectivity index (χ0) is 23.3. The first kappa shape index (κ1) is 22.4. The number of carbonyl (C=O) groups excluding carboxylic acids is 2. The maximum Gasteiger partial charge on any atom is 0.269 e. The third-order valence-electron chi connectivity index (χ3n) is 5.90. The highest BCUT2D eigenvalue weighted by atomic mass is 32.2. The number of fused-ring (bicyclic) bond motifs is 1. The molecule has 9 nitrogen and oxygen atoms in total. The van der Waals surface area contributed by atoms with Crippen LogP contribution in [-0.4, -0.2) is 74.9 Å². The average Bonchev–Trinajstić information content (AvgIpc) is 2.96. The first-order chi connectivity index (χ1) is 15.0. The van der Waals surface area contributed by atoms with Crippen LogP contribution in [0.2, 0.25) is 0 Å². The topological polar surface area (TPSA) is 112 Å². The zero-order valence-electron chi connectivity index (χ0n) is 17.7. The molecular weight excluding hydrogens is 454 g/mol. The maximum atomic E-state index is 13.0. The fourth-order valence-corrected chi connectivity index (χ4v) is 6.84. The van der Waals surface area contributed by atoms with Crippen LogP contribution in [0.5, 0.6) is 0 Å². The lowest BCUT2D eigenvalue weighted by molar-refractivity contribution is -0.132. The van der Waals surface area contributed by atoms with Crippen molar-refractivity contribution in [3.63, 3.8) is 0 Å². The van der Waals surface area contributed by atoms with E-state index < -0.39 is 38.4 Å². The molecule has 0 N–H and O–H groups in total. The largest absolute Gasteiger partial charge is 0.338 e. The van der Waals surface area contributed by atoms with E-state index in [9.17, 15) is 26.4 Å². The lowest BCUT2D eigenvalue weighted by Gasteiger charge is -2.34. The number of aryl methyl sites for hydroxylation is 2. The van der Waals surface area contributed by atoms with Crippen molar-refractivity contribution in [2.24, 2.45) is 0 Å². The molecule has 1 saturated heterocycles. The van der Waals surface area contributed by atoms with Gasteiger partial charge < -0.3 is 4.90 Å². The van der Waals surface area contributed by atoms with E-state index >= 15 is 0 Å². The molecule has 2 aliphatic heterocycles. The Morgan fingerprint density at radius 1 is 0.969 bits per heavy atom. The van der Waals surface area contributed by atoms with Gasteiger partial charge in [-0.1, -0.05) is 18.2 Å². The fraction of sp³-hybridized carbons (Fsp3) is 0.333. The lowest BCUT2D eigenvalue weighted by atomic mass is 10.1. The van der Waals surface area contributed by atoms with Gasteiger partial charge in [-0.2, -0.15) is 4.31 Å². The van der Waals surface area contributed by atoms with E-state index in [0.717, 1.165) is 11.1 Å². The van der Waals surface area contributed by atoms with Crippen LogP contribution >= 0.6 is 0 Å². The molecule has 0 saturated carbocycles. The summed E-state index contributed by atoms with van der Waals surface area (Å²) in [7, 11) is -7.78. The molecule has 2 aromatic carbocycles. The van der Waals surface area contributed by atoms with Gasteiger partial charge in [-0.05, 0) is 49.2 Å². The zero-order valence-corrected chi connectivity index (χ0v) is 19.3. The number of amides is 2. The quantitative estimate of drug-likeness (QED) is 0.649. The lowest BCUT2D eigenvalue weighted by Crippen LogP contribution is -2.53. The smallest absolute Gasteiger partial charge is 0.269 e. The van der Waals surface area contributed by atoms with Crippen molar-refractivity contribution in [3.05, 3.63) is 59.2 Å². The minimum absolute atomic E-state index is 0.0459. The molecule has 11 heteroatoms. The number of carbonyl (C=O) groups is 2. The van der Waals surface area contributed by atoms with Crippen molar-refractivity contribution < 1.29 is 26.4 Å². The van der Waals surface area contributed by atoms with Gasteiger partial charge in [0.05, 0.1) is 10.5 Å². The second kappa shape index (κ2) is 7.98. The number of nitrogens with zero attached hydrogens (tertiary/aromatic N) is 3. The van der Waals surface area contributed by atoms with Gasteiger partial charge in [-0.15, -0.1) is 0 Å². The van der Waals surface area contributed by atoms with E-state index in [1.54, 1.807) is 24.3 Å². The summed E-state index contributed by atoms with van der Waals surface area (Å²) in [4.78, 5) is 26.7. The summed E-state index contributed by atoms with van der Waals surface area (Å²) >= 11 is 0. The molecule has 2 aromatic rings. The predicted octanol–water partition coefficient (Wildman–Crippen LogP) is 0.981. The van der Waals surface area contributed by atoms with Crippen LogP contribution < -0.4 is 0 Å². The predicted molar refractivity (Wildman–Crippen MR) is 116 cm³/mol. The van der Waals surface area contributed by atoms with Crippen molar-refractivity contribution in [2.45, 2.75) is 23.6 Å². The van der Waals surface area contributed by atoms with Crippen LogP contribution in [0.4, 0.5) is 0 Å². The number of hydrogen-bond donors (Lipinski definition) is 0. The molecule has 2 amide bonds. The van der Waals surface area contributed by atoms with Crippen LogP contribution in [0.25, 0.3) is 0 Å². The second-order valence-electron chi connectivity index (χ2n) is 7.84. The minimum atomic E-state index is -4.08. The maximum absolute atomic E-state index is 13.0. The molecule has 0 unspecified atom stereocenters. The molecule has 0 spiro atoms. The Bertz CT molecular complexity index is 1310. The first-order valence-electron chi connectivity index (χ1n) is 10.0. The van der Waals surface area contributed by atoms with Gasteiger partial charge in [-0.25, -0.2) is 21.1 Å². The third kappa shape index (κ3) is 3.70. The van der Waals surface area contributed by atoms with Crippen molar-refractivity contribution >= 4 is 31.9 Å². The Hall–Kier alpha value is -2.76. The van der Waals surface area contributed by atoms with Crippen molar-refractivity contribution in [2.75, 3.05) is 32.7 Å². The Morgan fingerprint density at radius 3 is 2.25 bits per heavy atom. The second-order valence-corrected chi connectivity index (χ2v) is 11.6. The Morgan fingerprint density at radius 2 is 1.62 bits per heavy atom. The summed E-state index contributed by atoms with van der Waals surface area (Å²) in [6.07, 6.45) is 0. The highest BCUT2D eigenvalue weighted by molar-refractivity contribution is 7.90. The number of rotatable bonds is 4. The average molecular weight is 478 g/mol. The molecule has 1 fully saturated rings. The van der Waals surface area contributed by atoms with Crippen LogP contribution in [0.15, 0.2) is 52.3 Å². The number of sulfonamides is 2. The summed E-state index contributed by atoms with van der Waals surface area (Å²) < 4.78 is 53.1. The summed E-state index contributed by atoms with van der Waals surface area (Å²) in [6.45, 7) is 3.52. The van der Waals surface area contributed by atoms with Crippen LogP contribution in [0.3, 0.4) is 0 Å². The van der Waals surface area contributed by atoms with E-state index in [2.05, 4.69) is 0 Å². The van der Waals surface area contributed by atoms with Gasteiger partial charge in [0.2, 0.25) is 15.9 Å². The molecule has 170 valence electrons. The molecule has 2 aliphatic rings. The van der Waals surface area contributed by atoms with Crippen LogP contribution in [0, 0.1) is 13.8 Å². The first-order valence-corrected chi connectivity index (χ1v) is 12.9. The van der Waals surface area contributed by atoms with Crippen molar-refractivity contribution in [1.29, 1.82) is 0 Å². The standard InChI is InChI=1S/C21H23N3O6S2/c1-15-7-8-17(13-16(15)2)31(27,28)23-11-9-22(10-12-23)20(25)14-24-21(26)18-5-3-4-6-19(18)32(24,29)30/h3-8,13H,9-12,14H2,1-2H3. The summed E-state index contributed by atoms with van der Waals surface area (Å²) in [5, 5.41) is 0. The van der Waals surface area contributed by atoms with E-state index in [1.807, 2.05) is 13.8 Å². The highest BCUT2D eigenvalue weighted by Gasteiger charge is 2.42. The van der Waals surface area contributed by atoms with Gasteiger partial charge in [0.1, 0.15) is 11.4 Å². The number of piperazine rings is 1. The molecular formula is C21H23N3O6S2. The molecule has 0 aromatic heterocycles. The summed E-state index contributed by atoms with van der Waals surface area (Å²) in [6, 6.07) is 10.8. The van der Waals surface area contributed by atoms with Gasteiger partial charge in [-0.3, -0.25) is 9.59 Å². The van der Waals surface area contributed by atoms with Crippen molar-refractivity contribution in [3.8, 4) is 0 Å². The minimum Gasteiger partial charge on any atom is -0.338 e. The van der Waals surface area contributed by atoms with E-state index in [0.29, 0.717) is 4.31 Å². The Labute approximate surface area is 187 Å². The molecule has 32 heavy (non-hydrogen) atoms. The fourth-order valence-electron chi connectivity index (χ4n) is 3.81. The summed E-state index contributed by atoms with van der Waals surface area (Å²) in [5.41, 5.74) is 1.91. The Balaban J connectivity index is 1.43. The molecule has 0 radical (unpaired) electrons. The van der Waals surface area contributed by atoms with E-state index in [-0.39, 0.29) is 41.5 Å². The van der Waals surface area contributed by atoms with E-state index in [1.165, 1.54) is 27.4 Å². The molecule has 0 atom stereocenters. The molecule has 2 heterocycles. The molecule has 0 bridgehead atoms. The normalized spacial score (nSPS) is 18.6. The van der Waals surface area contributed by atoms with E-state index in [4.69, 9.17) is 0 Å². The van der Waals surface area contributed by atoms with Gasteiger partial charge in [0.25, 0.3) is 15.9 Å². The van der Waals surface area contributed by atoms with Gasteiger partial charge in [0, 0.05) is 26.2 Å². The molecule has 0 aliphatic carbocycles. The number of benzene rings is 2. The molecule has 4 rings (SSSR count). The van der Waals surface area contributed by atoms with Crippen LogP contribution in [0.1, 0.15) is 21.5 Å². The van der Waals surface area contributed by atoms with Crippen molar-refractivity contribution in [1.82, 2.24) is 13.5 Å². The SMILES string of the molecule is Cc1ccc(S(=O)(=O)N2CCN(C(=O)CN3C(=O)c4ccccc4S3(=O)=O)CC2)cc1C. The van der Waals surface area contributed by atoms with Gasteiger partial charge >= 0.3 is 0 Å².